The molecule has 0 radical (unpaired) electrons. The van der Waals surface area contributed by atoms with E-state index < -0.39 is 0 Å². The van der Waals surface area contributed by atoms with Crippen molar-refractivity contribution in [2.75, 3.05) is 4.90 Å². The summed E-state index contributed by atoms with van der Waals surface area (Å²) in [6.45, 7) is 9.61. The van der Waals surface area contributed by atoms with Crippen LogP contribution in [0.1, 0.15) is 38.8 Å². The summed E-state index contributed by atoms with van der Waals surface area (Å²) in [6, 6.07) is 51.3. The lowest BCUT2D eigenvalue weighted by atomic mass is 9.55. The van der Waals surface area contributed by atoms with Crippen molar-refractivity contribution >= 4 is 48.6 Å². The molecule has 0 N–H and O–H groups in total. The smallest absolute Gasteiger partial charge is 0.0554 e. The summed E-state index contributed by atoms with van der Waals surface area (Å²) in [6.07, 6.45) is 0. The molecular weight excluding hydrogens is 551 g/mol. The van der Waals surface area contributed by atoms with Crippen LogP contribution in [0.3, 0.4) is 0 Å². The normalized spacial score (nSPS) is 14.7. The zero-order valence-corrected chi connectivity index (χ0v) is 26.5. The third-order valence-corrected chi connectivity index (χ3v) is 11.4. The molecule has 8 rings (SSSR count). The van der Waals surface area contributed by atoms with E-state index in [9.17, 15) is 0 Å². The summed E-state index contributed by atoms with van der Waals surface area (Å²) in [4.78, 5) is 2.43. The van der Waals surface area contributed by atoms with Crippen LogP contribution in [-0.4, -0.2) is 0 Å². The summed E-state index contributed by atoms with van der Waals surface area (Å²) < 4.78 is 2.62. The van der Waals surface area contributed by atoms with Crippen molar-refractivity contribution in [1.29, 1.82) is 0 Å². The average molecular weight is 586 g/mol. The van der Waals surface area contributed by atoms with Crippen molar-refractivity contribution < 1.29 is 0 Å². The molecule has 6 aromatic carbocycles. The van der Waals surface area contributed by atoms with Crippen LogP contribution in [-0.2, 0) is 10.8 Å². The van der Waals surface area contributed by atoms with Gasteiger partial charge in [0.25, 0.3) is 0 Å². The van der Waals surface area contributed by atoms with Crippen LogP contribution in [0.25, 0.3) is 42.4 Å². The van der Waals surface area contributed by atoms with Crippen molar-refractivity contribution in [2.24, 2.45) is 0 Å². The number of hydrogen-bond acceptors (Lipinski definition) is 2. The molecule has 0 saturated carbocycles. The third-order valence-electron chi connectivity index (χ3n) is 10.2. The van der Waals surface area contributed by atoms with Gasteiger partial charge in [-0.1, -0.05) is 125 Å². The Kier molecular flexibility index (Phi) is 6.08. The van der Waals surface area contributed by atoms with E-state index in [0.717, 1.165) is 11.4 Å². The Balaban J connectivity index is 1.37. The van der Waals surface area contributed by atoms with Crippen LogP contribution in [0.5, 0.6) is 0 Å². The molecule has 0 unspecified atom stereocenters. The van der Waals surface area contributed by atoms with Crippen LogP contribution < -0.4 is 4.90 Å². The van der Waals surface area contributed by atoms with Gasteiger partial charge in [-0.05, 0) is 86.7 Å². The second-order valence-electron chi connectivity index (χ2n) is 13.0. The number of fused-ring (bicyclic) bond motifs is 6. The van der Waals surface area contributed by atoms with Gasteiger partial charge in [0, 0.05) is 31.5 Å². The van der Waals surface area contributed by atoms with Crippen molar-refractivity contribution in [3.05, 3.63) is 151 Å². The monoisotopic (exact) mass is 585 g/mol. The second kappa shape index (κ2) is 9.94. The molecule has 0 atom stereocenters. The van der Waals surface area contributed by atoms with Gasteiger partial charge in [0.15, 0.2) is 0 Å². The minimum absolute atomic E-state index is 0.00314. The molecule has 0 amide bonds. The highest BCUT2D eigenvalue weighted by Gasteiger charge is 2.46. The highest BCUT2D eigenvalue weighted by molar-refractivity contribution is 7.26. The number of thiophene rings is 1. The van der Waals surface area contributed by atoms with Crippen LogP contribution in [0.2, 0.25) is 0 Å². The van der Waals surface area contributed by atoms with Gasteiger partial charge in [-0.3, -0.25) is 0 Å². The first-order valence-electron chi connectivity index (χ1n) is 15.5. The Morgan fingerprint density at radius 2 is 1.11 bits per heavy atom. The Labute approximate surface area is 264 Å². The molecule has 1 nitrogen and oxygen atoms in total. The number of para-hydroxylation sites is 1. The highest BCUT2D eigenvalue weighted by atomic mass is 32.1. The number of anilines is 3. The SMILES string of the molecule is CC1(C)c2ccccc2-c2c(-c3cccc(N(c4ccccc4)c4cccc5sc6ccccc6c45)c3)cccc2C1(C)C. The molecule has 0 saturated heterocycles. The Morgan fingerprint density at radius 1 is 0.500 bits per heavy atom. The first kappa shape index (κ1) is 26.9. The summed E-state index contributed by atoms with van der Waals surface area (Å²) >= 11 is 1.87. The molecule has 2 heteroatoms. The van der Waals surface area contributed by atoms with E-state index in [0.29, 0.717) is 0 Å². The molecule has 1 aliphatic rings. The van der Waals surface area contributed by atoms with E-state index >= 15 is 0 Å². The average Bonchev–Trinajstić information content (AvgIpc) is 3.44. The van der Waals surface area contributed by atoms with E-state index in [1.807, 2.05) is 11.3 Å². The zero-order chi connectivity index (χ0) is 30.1. The number of nitrogens with zero attached hydrogens (tertiary/aromatic N) is 1. The Hall–Kier alpha value is -4.66. The Morgan fingerprint density at radius 3 is 1.98 bits per heavy atom. The fourth-order valence-electron chi connectivity index (χ4n) is 7.28. The maximum Gasteiger partial charge on any atom is 0.0554 e. The lowest BCUT2D eigenvalue weighted by molar-refractivity contribution is 0.299. The minimum Gasteiger partial charge on any atom is -0.310 e. The molecule has 7 aromatic rings. The lowest BCUT2D eigenvalue weighted by Crippen LogP contribution is -2.43. The molecule has 0 fully saturated rings. The van der Waals surface area contributed by atoms with Gasteiger partial charge in [0.05, 0.1) is 5.69 Å². The summed E-state index contributed by atoms with van der Waals surface area (Å²) in [5.74, 6) is 0. The fraction of sp³-hybridized carbons (Fsp3) is 0.143. The van der Waals surface area contributed by atoms with Crippen LogP contribution in [0.15, 0.2) is 140 Å². The molecule has 0 spiro atoms. The fourth-order valence-corrected chi connectivity index (χ4v) is 8.41. The van der Waals surface area contributed by atoms with Gasteiger partial charge in [-0.15, -0.1) is 11.3 Å². The van der Waals surface area contributed by atoms with E-state index in [1.54, 1.807) is 0 Å². The molecular formula is C42H35NS. The first-order valence-corrected chi connectivity index (χ1v) is 16.3. The maximum atomic E-state index is 2.43. The van der Waals surface area contributed by atoms with Gasteiger partial charge < -0.3 is 4.90 Å². The predicted octanol–water partition coefficient (Wildman–Crippen LogP) is 12.4. The van der Waals surface area contributed by atoms with E-state index in [1.165, 1.54) is 59.2 Å². The topological polar surface area (TPSA) is 3.24 Å². The maximum absolute atomic E-state index is 2.43. The van der Waals surface area contributed by atoms with Crippen LogP contribution in [0, 0.1) is 0 Å². The standard InChI is InChI=1S/C42H35NS/c1-41(2)34-22-10-8-19-32(34)39-31(21-13-23-35(39)42(41,3)4)28-15-12-18-30(27-28)43(29-16-6-5-7-17-29)36-24-14-26-38-40(36)33-20-9-11-25-37(33)44-38/h5-27H,1-4H3. The van der Waals surface area contributed by atoms with Crippen molar-refractivity contribution in [3.8, 4) is 22.3 Å². The molecule has 1 heterocycles. The predicted molar refractivity (Wildman–Crippen MR) is 191 cm³/mol. The second-order valence-corrected chi connectivity index (χ2v) is 14.1. The summed E-state index contributed by atoms with van der Waals surface area (Å²) in [7, 11) is 0. The molecule has 214 valence electrons. The number of benzene rings is 6. The summed E-state index contributed by atoms with van der Waals surface area (Å²) in [5.41, 5.74) is 11.5. The van der Waals surface area contributed by atoms with Crippen LogP contribution in [0.4, 0.5) is 17.1 Å². The molecule has 44 heavy (non-hydrogen) atoms. The van der Waals surface area contributed by atoms with E-state index in [4.69, 9.17) is 0 Å². The van der Waals surface area contributed by atoms with E-state index in [2.05, 4.69) is 172 Å². The molecule has 1 aliphatic carbocycles. The summed E-state index contributed by atoms with van der Waals surface area (Å²) in [5, 5.41) is 2.61. The third kappa shape index (κ3) is 3.91. The van der Waals surface area contributed by atoms with Crippen molar-refractivity contribution in [1.82, 2.24) is 0 Å². The quantitative estimate of drug-likeness (QED) is 0.199. The van der Waals surface area contributed by atoms with Crippen LogP contribution >= 0.6 is 11.3 Å². The zero-order valence-electron chi connectivity index (χ0n) is 25.6. The van der Waals surface area contributed by atoms with E-state index in [-0.39, 0.29) is 10.8 Å². The number of rotatable bonds is 4. The van der Waals surface area contributed by atoms with Gasteiger partial charge in [-0.25, -0.2) is 0 Å². The largest absolute Gasteiger partial charge is 0.310 e. The molecule has 0 aliphatic heterocycles. The van der Waals surface area contributed by atoms with Crippen molar-refractivity contribution in [3.63, 3.8) is 0 Å². The van der Waals surface area contributed by atoms with Gasteiger partial charge in [0.2, 0.25) is 0 Å². The molecule has 1 aromatic heterocycles. The Bertz CT molecular complexity index is 2180. The number of hydrogen-bond donors (Lipinski definition) is 0. The van der Waals surface area contributed by atoms with Gasteiger partial charge >= 0.3 is 0 Å². The highest BCUT2D eigenvalue weighted by Crippen LogP contribution is 2.56. The van der Waals surface area contributed by atoms with Gasteiger partial charge in [0.1, 0.15) is 0 Å². The minimum atomic E-state index is -0.0317. The van der Waals surface area contributed by atoms with Crippen molar-refractivity contribution in [2.45, 2.75) is 38.5 Å². The molecule has 0 bridgehead atoms. The first-order chi connectivity index (χ1) is 21.4. The van der Waals surface area contributed by atoms with Gasteiger partial charge in [-0.2, -0.15) is 0 Å². The lowest BCUT2D eigenvalue weighted by Gasteiger charge is -2.48.